The van der Waals surface area contributed by atoms with Gasteiger partial charge in [-0.15, -0.1) is 0 Å². The molecule has 1 amide bonds. The Morgan fingerprint density at radius 3 is 2.21 bits per heavy atom. The van der Waals surface area contributed by atoms with Crippen LogP contribution in [0.15, 0.2) is 71.6 Å². The van der Waals surface area contributed by atoms with Gasteiger partial charge in [0.2, 0.25) is 0 Å². The number of para-hydroxylation sites is 2. The molecule has 33 heavy (non-hydrogen) atoms. The van der Waals surface area contributed by atoms with E-state index < -0.39 is 10.0 Å². The van der Waals surface area contributed by atoms with Gasteiger partial charge in [-0.05, 0) is 54.4 Å². The van der Waals surface area contributed by atoms with Gasteiger partial charge in [-0.25, -0.2) is 8.42 Å². The maximum Gasteiger partial charge on any atom is 0.262 e. The van der Waals surface area contributed by atoms with Gasteiger partial charge in [-0.1, -0.05) is 18.2 Å². The molecule has 0 aliphatic heterocycles. The number of carbonyl (C=O) groups excluding carboxylic acids is 1. The molecule has 0 fully saturated rings. The lowest BCUT2D eigenvalue weighted by molar-refractivity contribution is 0.0954. The molecule has 3 rings (SSSR count). The summed E-state index contributed by atoms with van der Waals surface area (Å²) in [6, 6.07) is 17.9. The van der Waals surface area contributed by atoms with E-state index in [4.69, 9.17) is 14.2 Å². The Kier molecular flexibility index (Phi) is 7.78. The zero-order chi connectivity index (χ0) is 23.8. The lowest BCUT2D eigenvalue weighted by Crippen LogP contribution is -2.25. The molecular formula is C24H26N2O6S. The third-order valence-electron chi connectivity index (χ3n) is 4.95. The van der Waals surface area contributed by atoms with E-state index in [1.807, 2.05) is 12.1 Å². The average molecular weight is 471 g/mol. The van der Waals surface area contributed by atoms with Crippen LogP contribution in [-0.2, 0) is 16.4 Å². The van der Waals surface area contributed by atoms with E-state index in [-0.39, 0.29) is 10.8 Å². The molecule has 0 aliphatic carbocycles. The third-order valence-corrected chi connectivity index (χ3v) is 6.33. The standard InChI is InChI=1S/C24H26N2O6S/c1-30-19-11-8-17(23(16-19)32-3)14-15-25-24(27)18-9-12-20(13-10-18)33(28,29)26-21-6-4-5-7-22(21)31-2/h4-13,16,26H,14-15H2,1-3H3,(H,25,27). The summed E-state index contributed by atoms with van der Waals surface area (Å²) in [5, 5.41) is 2.83. The summed E-state index contributed by atoms with van der Waals surface area (Å²) in [7, 11) is 0.785. The summed E-state index contributed by atoms with van der Waals surface area (Å²) in [6.07, 6.45) is 0.564. The van der Waals surface area contributed by atoms with Crippen LogP contribution < -0.4 is 24.2 Å². The molecule has 9 heteroatoms. The second kappa shape index (κ2) is 10.7. The lowest BCUT2D eigenvalue weighted by Gasteiger charge is -2.12. The zero-order valence-corrected chi connectivity index (χ0v) is 19.4. The first-order valence-corrected chi connectivity index (χ1v) is 11.6. The Balaban J connectivity index is 1.62. The fourth-order valence-electron chi connectivity index (χ4n) is 3.19. The van der Waals surface area contributed by atoms with Crippen LogP contribution in [0, 0.1) is 0 Å². The summed E-state index contributed by atoms with van der Waals surface area (Å²) in [5.41, 5.74) is 1.62. The minimum Gasteiger partial charge on any atom is -0.497 e. The normalized spacial score (nSPS) is 10.9. The summed E-state index contributed by atoms with van der Waals surface area (Å²) in [6.45, 7) is 0.386. The second-order valence-electron chi connectivity index (χ2n) is 7.01. The van der Waals surface area contributed by atoms with Gasteiger partial charge < -0.3 is 19.5 Å². The van der Waals surface area contributed by atoms with Gasteiger partial charge in [0.1, 0.15) is 17.2 Å². The SMILES string of the molecule is COc1ccc(CCNC(=O)c2ccc(S(=O)(=O)Nc3ccccc3OC)cc2)c(OC)c1. The van der Waals surface area contributed by atoms with Crippen molar-refractivity contribution < 1.29 is 27.4 Å². The first-order chi connectivity index (χ1) is 15.9. The number of nitrogens with one attached hydrogen (secondary N) is 2. The molecule has 2 N–H and O–H groups in total. The van der Waals surface area contributed by atoms with Gasteiger partial charge >= 0.3 is 0 Å². The Morgan fingerprint density at radius 2 is 1.55 bits per heavy atom. The highest BCUT2D eigenvalue weighted by molar-refractivity contribution is 7.92. The predicted molar refractivity (Wildman–Crippen MR) is 126 cm³/mol. The van der Waals surface area contributed by atoms with Crippen LogP contribution in [-0.4, -0.2) is 42.2 Å². The van der Waals surface area contributed by atoms with E-state index in [1.165, 1.54) is 31.4 Å². The Hall–Kier alpha value is -3.72. The van der Waals surface area contributed by atoms with Gasteiger partial charge in [0, 0.05) is 18.2 Å². The Labute approximate surface area is 193 Å². The topological polar surface area (TPSA) is 103 Å². The number of hydrogen-bond acceptors (Lipinski definition) is 6. The number of ether oxygens (including phenoxy) is 3. The summed E-state index contributed by atoms with van der Waals surface area (Å²) in [4.78, 5) is 12.5. The zero-order valence-electron chi connectivity index (χ0n) is 18.6. The summed E-state index contributed by atoms with van der Waals surface area (Å²) < 4.78 is 43.6. The molecular weight excluding hydrogens is 444 g/mol. The molecule has 0 aliphatic rings. The van der Waals surface area contributed by atoms with Crippen molar-refractivity contribution in [2.45, 2.75) is 11.3 Å². The molecule has 0 saturated carbocycles. The molecule has 0 saturated heterocycles. The van der Waals surface area contributed by atoms with Crippen molar-refractivity contribution in [3.8, 4) is 17.2 Å². The van der Waals surface area contributed by atoms with Crippen LogP contribution in [0.3, 0.4) is 0 Å². The molecule has 0 heterocycles. The van der Waals surface area contributed by atoms with E-state index in [0.717, 1.165) is 5.56 Å². The lowest BCUT2D eigenvalue weighted by atomic mass is 10.1. The van der Waals surface area contributed by atoms with E-state index in [0.29, 0.717) is 41.5 Å². The van der Waals surface area contributed by atoms with Crippen molar-refractivity contribution >= 4 is 21.6 Å². The van der Waals surface area contributed by atoms with Gasteiger partial charge in [-0.3, -0.25) is 9.52 Å². The van der Waals surface area contributed by atoms with Crippen molar-refractivity contribution in [3.63, 3.8) is 0 Å². The molecule has 0 bridgehead atoms. The highest BCUT2D eigenvalue weighted by atomic mass is 32.2. The van der Waals surface area contributed by atoms with Crippen molar-refractivity contribution in [1.29, 1.82) is 0 Å². The second-order valence-corrected chi connectivity index (χ2v) is 8.70. The highest BCUT2D eigenvalue weighted by Gasteiger charge is 2.17. The monoisotopic (exact) mass is 470 g/mol. The number of benzene rings is 3. The van der Waals surface area contributed by atoms with Crippen LogP contribution in [0.4, 0.5) is 5.69 Å². The molecule has 0 unspecified atom stereocenters. The van der Waals surface area contributed by atoms with Crippen LogP contribution >= 0.6 is 0 Å². The Morgan fingerprint density at radius 1 is 0.848 bits per heavy atom. The van der Waals surface area contributed by atoms with Crippen LogP contribution in [0.25, 0.3) is 0 Å². The number of anilines is 1. The van der Waals surface area contributed by atoms with Crippen molar-refractivity contribution in [2.24, 2.45) is 0 Å². The number of rotatable bonds is 10. The van der Waals surface area contributed by atoms with Gasteiger partial charge in [-0.2, -0.15) is 0 Å². The van der Waals surface area contributed by atoms with Crippen molar-refractivity contribution in [3.05, 3.63) is 77.9 Å². The minimum atomic E-state index is -3.84. The summed E-state index contributed by atoms with van der Waals surface area (Å²) in [5.74, 6) is 1.48. The minimum absolute atomic E-state index is 0.0351. The highest BCUT2D eigenvalue weighted by Crippen LogP contribution is 2.26. The molecule has 0 aromatic heterocycles. The first kappa shape index (κ1) is 23.9. The van der Waals surface area contributed by atoms with E-state index in [9.17, 15) is 13.2 Å². The maximum atomic E-state index is 12.7. The number of methoxy groups -OCH3 is 3. The number of carbonyl (C=O) groups is 1. The van der Waals surface area contributed by atoms with Gasteiger partial charge in [0.15, 0.2) is 0 Å². The van der Waals surface area contributed by atoms with Gasteiger partial charge in [0.25, 0.3) is 15.9 Å². The Bertz CT molecular complexity index is 1210. The fraction of sp³-hybridized carbons (Fsp3) is 0.208. The van der Waals surface area contributed by atoms with Crippen LogP contribution in [0.2, 0.25) is 0 Å². The number of amides is 1. The van der Waals surface area contributed by atoms with E-state index >= 15 is 0 Å². The predicted octanol–water partition coefficient (Wildman–Crippen LogP) is 3.49. The molecule has 3 aromatic carbocycles. The number of sulfonamides is 1. The quantitative estimate of drug-likeness (QED) is 0.470. The molecule has 0 spiro atoms. The largest absolute Gasteiger partial charge is 0.497 e. The third kappa shape index (κ3) is 5.95. The maximum absolute atomic E-state index is 12.7. The first-order valence-electron chi connectivity index (χ1n) is 10.1. The van der Waals surface area contributed by atoms with E-state index in [1.54, 1.807) is 44.6 Å². The summed E-state index contributed by atoms with van der Waals surface area (Å²) >= 11 is 0. The fourth-order valence-corrected chi connectivity index (χ4v) is 4.26. The average Bonchev–Trinajstić information content (AvgIpc) is 2.84. The van der Waals surface area contributed by atoms with E-state index in [2.05, 4.69) is 10.0 Å². The molecule has 0 radical (unpaired) electrons. The molecule has 0 atom stereocenters. The van der Waals surface area contributed by atoms with Gasteiger partial charge in [0.05, 0.1) is 31.9 Å². The molecule has 8 nitrogen and oxygen atoms in total. The van der Waals surface area contributed by atoms with Crippen LogP contribution in [0.1, 0.15) is 15.9 Å². The molecule has 174 valence electrons. The van der Waals surface area contributed by atoms with Crippen molar-refractivity contribution in [2.75, 3.05) is 32.6 Å². The number of hydrogen-bond donors (Lipinski definition) is 2. The van der Waals surface area contributed by atoms with Crippen LogP contribution in [0.5, 0.6) is 17.2 Å². The smallest absolute Gasteiger partial charge is 0.262 e. The molecule has 3 aromatic rings. The van der Waals surface area contributed by atoms with Crippen molar-refractivity contribution in [1.82, 2.24) is 5.32 Å².